The number of halogens is 2. The molecule has 0 saturated carbocycles. The van der Waals surface area contributed by atoms with E-state index in [9.17, 15) is 14.7 Å². The Bertz CT molecular complexity index is 1330. The maximum Gasteiger partial charge on any atom is 0.300 e. The van der Waals surface area contributed by atoms with Crippen molar-refractivity contribution in [1.82, 2.24) is 4.98 Å². The molecule has 1 unspecified atom stereocenters. The predicted molar refractivity (Wildman–Crippen MR) is 123 cm³/mol. The van der Waals surface area contributed by atoms with Gasteiger partial charge < -0.3 is 9.84 Å². The molecular formula is C24H15Cl2N3O4. The maximum absolute atomic E-state index is 13.2. The second-order valence-corrected chi connectivity index (χ2v) is 7.93. The fraction of sp³-hybridized carbons (Fsp3) is 0.0833. The average molecular weight is 480 g/mol. The van der Waals surface area contributed by atoms with Gasteiger partial charge in [-0.1, -0.05) is 29.3 Å². The molecule has 1 aromatic heterocycles. The zero-order valence-electron chi connectivity index (χ0n) is 17.1. The highest BCUT2D eigenvalue weighted by Gasteiger charge is 2.47. The zero-order chi connectivity index (χ0) is 23.7. The molecule has 1 N–H and O–H groups in total. The molecule has 0 spiro atoms. The number of carbonyl (C=O) groups is 2. The Labute approximate surface area is 199 Å². The quantitative estimate of drug-likeness (QED) is 0.324. The normalized spacial score (nSPS) is 17.2. The first kappa shape index (κ1) is 22.3. The maximum atomic E-state index is 13.2. The summed E-state index contributed by atoms with van der Waals surface area (Å²) in [5, 5.41) is 20.7. The first-order valence-corrected chi connectivity index (χ1v) is 10.4. The first-order chi connectivity index (χ1) is 15.9. The first-order valence-electron chi connectivity index (χ1n) is 9.62. The molecular weight excluding hydrogens is 465 g/mol. The van der Waals surface area contributed by atoms with Crippen LogP contribution in [0.4, 0.5) is 5.69 Å². The van der Waals surface area contributed by atoms with Gasteiger partial charge in [0, 0.05) is 23.1 Å². The smallest absolute Gasteiger partial charge is 0.300 e. The summed E-state index contributed by atoms with van der Waals surface area (Å²) in [7, 11) is 1.36. The van der Waals surface area contributed by atoms with E-state index < -0.39 is 23.5 Å². The Morgan fingerprint density at radius 3 is 2.52 bits per heavy atom. The third kappa shape index (κ3) is 3.91. The Balaban J connectivity index is 1.98. The number of aromatic nitrogens is 1. The van der Waals surface area contributed by atoms with Crippen molar-refractivity contribution in [2.45, 2.75) is 6.04 Å². The van der Waals surface area contributed by atoms with Crippen LogP contribution in [0, 0.1) is 11.3 Å². The Morgan fingerprint density at radius 2 is 1.91 bits per heavy atom. The Kier molecular flexibility index (Phi) is 6.05. The van der Waals surface area contributed by atoms with Gasteiger partial charge in [0.25, 0.3) is 11.7 Å². The van der Waals surface area contributed by atoms with Gasteiger partial charge in [-0.3, -0.25) is 19.5 Å². The average Bonchev–Trinajstić information content (AvgIpc) is 3.09. The van der Waals surface area contributed by atoms with E-state index in [1.807, 2.05) is 6.07 Å². The van der Waals surface area contributed by atoms with E-state index in [-0.39, 0.29) is 26.9 Å². The number of ether oxygens (including phenoxy) is 1. The molecule has 1 aliphatic rings. The van der Waals surface area contributed by atoms with Crippen molar-refractivity contribution in [3.05, 3.63) is 93.2 Å². The van der Waals surface area contributed by atoms with E-state index in [1.54, 1.807) is 30.5 Å². The molecule has 33 heavy (non-hydrogen) atoms. The lowest BCUT2D eigenvalue weighted by Crippen LogP contribution is -2.29. The van der Waals surface area contributed by atoms with Crippen LogP contribution in [0.25, 0.3) is 5.76 Å². The molecule has 3 aromatic rings. The summed E-state index contributed by atoms with van der Waals surface area (Å²) in [4.78, 5) is 31.7. The second-order valence-electron chi connectivity index (χ2n) is 7.08. The molecule has 7 nitrogen and oxygen atoms in total. The highest BCUT2D eigenvalue weighted by Crippen LogP contribution is 2.44. The second kappa shape index (κ2) is 8.94. The summed E-state index contributed by atoms with van der Waals surface area (Å²) in [6, 6.07) is 13.4. The van der Waals surface area contributed by atoms with Crippen molar-refractivity contribution < 1.29 is 19.4 Å². The van der Waals surface area contributed by atoms with Gasteiger partial charge in [0.15, 0.2) is 0 Å². The predicted octanol–water partition coefficient (Wildman–Crippen LogP) is 4.89. The van der Waals surface area contributed by atoms with E-state index in [2.05, 4.69) is 4.98 Å². The van der Waals surface area contributed by atoms with Gasteiger partial charge in [-0.05, 0) is 48.0 Å². The molecule has 9 heteroatoms. The van der Waals surface area contributed by atoms with E-state index in [0.29, 0.717) is 16.8 Å². The van der Waals surface area contributed by atoms with E-state index in [4.69, 9.17) is 33.2 Å². The van der Waals surface area contributed by atoms with Crippen LogP contribution in [0.3, 0.4) is 0 Å². The number of rotatable bonds is 4. The van der Waals surface area contributed by atoms with Crippen LogP contribution in [0.2, 0.25) is 10.0 Å². The largest absolute Gasteiger partial charge is 0.507 e. The number of methoxy groups -OCH3 is 1. The van der Waals surface area contributed by atoms with Crippen LogP contribution in [0.15, 0.2) is 66.5 Å². The van der Waals surface area contributed by atoms with E-state index in [0.717, 1.165) is 0 Å². The highest BCUT2D eigenvalue weighted by atomic mass is 35.5. The number of hydrogen-bond acceptors (Lipinski definition) is 6. The van der Waals surface area contributed by atoms with Crippen LogP contribution in [-0.4, -0.2) is 28.9 Å². The number of amides is 1. The van der Waals surface area contributed by atoms with Crippen LogP contribution in [0.1, 0.15) is 22.7 Å². The van der Waals surface area contributed by atoms with Gasteiger partial charge in [-0.2, -0.15) is 5.26 Å². The van der Waals surface area contributed by atoms with Gasteiger partial charge in [0.05, 0.1) is 40.9 Å². The Hall–Kier alpha value is -3.86. The van der Waals surface area contributed by atoms with Gasteiger partial charge in [0.1, 0.15) is 11.5 Å². The molecule has 0 bridgehead atoms. The number of nitrogens with zero attached hydrogens (tertiary/aromatic N) is 3. The number of ketones is 1. The van der Waals surface area contributed by atoms with Crippen molar-refractivity contribution in [3.8, 4) is 11.8 Å². The molecule has 4 rings (SSSR count). The third-order valence-corrected chi connectivity index (χ3v) is 5.69. The number of aliphatic hydroxyl groups is 1. The number of anilines is 1. The Morgan fingerprint density at radius 1 is 1.18 bits per heavy atom. The number of benzene rings is 2. The lowest BCUT2D eigenvalue weighted by molar-refractivity contribution is -0.132. The minimum absolute atomic E-state index is 0.0710. The number of pyridine rings is 1. The molecule has 2 heterocycles. The number of aliphatic hydroxyl groups excluding tert-OH is 1. The van der Waals surface area contributed by atoms with Crippen molar-refractivity contribution in [2.24, 2.45) is 0 Å². The number of nitriles is 1. The van der Waals surface area contributed by atoms with Gasteiger partial charge in [-0.25, -0.2) is 0 Å². The zero-order valence-corrected chi connectivity index (χ0v) is 18.6. The summed E-state index contributed by atoms with van der Waals surface area (Å²) < 4.78 is 5.31. The molecule has 1 amide bonds. The van der Waals surface area contributed by atoms with Crippen LogP contribution in [-0.2, 0) is 9.59 Å². The molecule has 1 saturated heterocycles. The van der Waals surface area contributed by atoms with E-state index in [1.165, 1.54) is 42.5 Å². The van der Waals surface area contributed by atoms with Crippen molar-refractivity contribution >= 4 is 46.3 Å². The van der Waals surface area contributed by atoms with E-state index >= 15 is 0 Å². The number of carbonyl (C=O) groups excluding carboxylic acids is 2. The molecule has 2 aromatic carbocycles. The van der Waals surface area contributed by atoms with Crippen molar-refractivity contribution in [1.29, 1.82) is 5.26 Å². The molecule has 1 aliphatic heterocycles. The SMILES string of the molecule is COc1c(Cl)cc(Cl)cc1/C(O)=C1\C(=O)C(=O)N(c2ccc(C#N)cc2)C1c1cccnc1. The minimum Gasteiger partial charge on any atom is -0.507 e. The molecule has 0 radical (unpaired) electrons. The summed E-state index contributed by atoms with van der Waals surface area (Å²) in [6.07, 6.45) is 3.06. The summed E-state index contributed by atoms with van der Waals surface area (Å²) >= 11 is 12.3. The standard InChI is InChI=1S/C24H15Cl2N3O4/c1-33-23-17(9-15(25)10-18(23)26)21(30)19-20(14-3-2-8-28-12-14)29(24(32)22(19)31)16-6-4-13(11-27)5-7-16/h2-10,12,20,30H,1H3/b21-19+. The van der Waals surface area contributed by atoms with Crippen LogP contribution < -0.4 is 9.64 Å². The minimum atomic E-state index is -0.992. The fourth-order valence-electron chi connectivity index (χ4n) is 3.74. The fourth-order valence-corrected chi connectivity index (χ4v) is 4.31. The third-order valence-electron chi connectivity index (χ3n) is 5.19. The van der Waals surface area contributed by atoms with Gasteiger partial charge in [0.2, 0.25) is 0 Å². The molecule has 0 aliphatic carbocycles. The topological polar surface area (TPSA) is 104 Å². The van der Waals surface area contributed by atoms with Crippen molar-refractivity contribution in [2.75, 3.05) is 12.0 Å². The highest BCUT2D eigenvalue weighted by molar-refractivity contribution is 6.51. The molecule has 1 atom stereocenters. The summed E-state index contributed by atoms with van der Waals surface area (Å²) in [5.41, 5.74) is 1.16. The summed E-state index contributed by atoms with van der Waals surface area (Å²) in [6.45, 7) is 0. The van der Waals surface area contributed by atoms with Crippen molar-refractivity contribution in [3.63, 3.8) is 0 Å². The monoisotopic (exact) mass is 479 g/mol. The number of hydrogen-bond donors (Lipinski definition) is 1. The van der Waals surface area contributed by atoms with Gasteiger partial charge in [-0.15, -0.1) is 0 Å². The lowest BCUT2D eigenvalue weighted by atomic mass is 9.95. The molecule has 1 fully saturated rings. The lowest BCUT2D eigenvalue weighted by Gasteiger charge is -2.25. The van der Waals surface area contributed by atoms with Crippen LogP contribution >= 0.6 is 23.2 Å². The number of Topliss-reactive ketones (excluding diaryl/α,β-unsaturated/α-hetero) is 1. The van der Waals surface area contributed by atoms with Gasteiger partial charge >= 0.3 is 0 Å². The molecule has 164 valence electrons. The summed E-state index contributed by atoms with van der Waals surface area (Å²) in [5.74, 6) is -2.13. The van der Waals surface area contributed by atoms with Crippen LogP contribution in [0.5, 0.6) is 5.75 Å².